The fourth-order valence-electron chi connectivity index (χ4n) is 2.93. The zero-order valence-corrected chi connectivity index (χ0v) is 14.8. The molecule has 0 unspecified atom stereocenters. The van der Waals surface area contributed by atoms with E-state index in [2.05, 4.69) is 4.98 Å². The Kier molecular flexibility index (Phi) is 5.23. The maximum atomic E-state index is 12.2. The highest BCUT2D eigenvalue weighted by atomic mass is 16.2. The van der Waals surface area contributed by atoms with Gasteiger partial charge in [-0.3, -0.25) is 14.6 Å². The molecule has 0 N–H and O–H groups in total. The average molecular weight is 344 g/mol. The fraction of sp³-hybridized carbons (Fsp3) is 0.136. The topological polar surface area (TPSA) is 50.3 Å². The van der Waals surface area contributed by atoms with E-state index in [1.54, 1.807) is 29.4 Å². The molecule has 0 aliphatic carbocycles. The summed E-state index contributed by atoms with van der Waals surface area (Å²) in [4.78, 5) is 29.8. The minimum absolute atomic E-state index is 0.387. The molecule has 4 heteroatoms. The summed E-state index contributed by atoms with van der Waals surface area (Å²) in [6.45, 7) is 4.39. The summed E-state index contributed by atoms with van der Waals surface area (Å²) in [6, 6.07) is 19.0. The first-order valence-corrected chi connectivity index (χ1v) is 8.68. The van der Waals surface area contributed by atoms with Crippen LogP contribution < -0.4 is 4.90 Å². The van der Waals surface area contributed by atoms with Crippen molar-refractivity contribution >= 4 is 17.4 Å². The van der Waals surface area contributed by atoms with E-state index in [0.717, 1.165) is 16.7 Å². The largest absolute Gasteiger partial charge is 0.300 e. The summed E-state index contributed by atoms with van der Waals surface area (Å²) < 4.78 is 0. The number of aromatic nitrogens is 1. The van der Waals surface area contributed by atoms with Gasteiger partial charge in [0.1, 0.15) is 0 Å². The molecule has 1 aliphatic rings. The molecule has 4 rings (SSSR count). The van der Waals surface area contributed by atoms with Crippen molar-refractivity contribution in [3.63, 3.8) is 0 Å². The number of Topliss-reactive ketones (excluding diaryl/α,β-unsaturated/α-hetero) is 1. The van der Waals surface area contributed by atoms with Crippen molar-refractivity contribution < 1.29 is 9.59 Å². The van der Waals surface area contributed by atoms with Gasteiger partial charge >= 0.3 is 0 Å². The van der Waals surface area contributed by atoms with Crippen LogP contribution in [0.4, 0.5) is 5.69 Å². The Balaban J connectivity index is 0.000000948. The van der Waals surface area contributed by atoms with E-state index in [4.69, 9.17) is 0 Å². The third-order valence-corrected chi connectivity index (χ3v) is 4.19. The predicted molar refractivity (Wildman–Crippen MR) is 103 cm³/mol. The smallest absolute Gasteiger partial charge is 0.299 e. The number of ketones is 1. The van der Waals surface area contributed by atoms with Gasteiger partial charge in [0.05, 0.1) is 17.8 Å². The van der Waals surface area contributed by atoms with Crippen LogP contribution in [-0.2, 0) is 11.3 Å². The number of fused-ring (bicyclic) bond motifs is 1. The lowest BCUT2D eigenvalue weighted by Gasteiger charge is -2.16. The molecule has 0 saturated carbocycles. The summed E-state index contributed by atoms with van der Waals surface area (Å²) in [5.74, 6) is -0.895. The summed E-state index contributed by atoms with van der Waals surface area (Å²) in [5.41, 5.74) is 4.33. The van der Waals surface area contributed by atoms with Crippen LogP contribution in [0.2, 0.25) is 0 Å². The van der Waals surface area contributed by atoms with Crippen LogP contribution in [0.3, 0.4) is 0 Å². The van der Waals surface area contributed by atoms with E-state index in [0.29, 0.717) is 17.8 Å². The molecular formula is C22H20N2O2. The number of carbonyl (C=O) groups is 2. The van der Waals surface area contributed by atoms with Gasteiger partial charge in [0, 0.05) is 12.4 Å². The van der Waals surface area contributed by atoms with Gasteiger partial charge in [0.25, 0.3) is 11.7 Å². The van der Waals surface area contributed by atoms with Crippen molar-refractivity contribution in [2.75, 3.05) is 4.90 Å². The summed E-state index contributed by atoms with van der Waals surface area (Å²) in [5, 5.41) is 0. The van der Waals surface area contributed by atoms with E-state index < -0.39 is 11.7 Å². The molecule has 0 atom stereocenters. The molecule has 0 spiro atoms. The van der Waals surface area contributed by atoms with Gasteiger partial charge in [-0.15, -0.1) is 0 Å². The number of pyridine rings is 1. The van der Waals surface area contributed by atoms with Gasteiger partial charge in [-0.05, 0) is 41.0 Å². The molecule has 2 heterocycles. The average Bonchev–Trinajstić information content (AvgIpc) is 2.96. The van der Waals surface area contributed by atoms with Crippen LogP contribution in [0.5, 0.6) is 0 Å². The second-order valence-corrected chi connectivity index (χ2v) is 5.67. The van der Waals surface area contributed by atoms with E-state index in [9.17, 15) is 9.59 Å². The first kappa shape index (κ1) is 17.5. The Bertz CT molecular complexity index is 918. The van der Waals surface area contributed by atoms with E-state index >= 15 is 0 Å². The molecule has 0 saturated heterocycles. The van der Waals surface area contributed by atoms with Crippen LogP contribution in [0.1, 0.15) is 29.8 Å². The lowest BCUT2D eigenvalue weighted by atomic mass is 10.0. The minimum atomic E-state index is -0.464. The molecule has 2 aromatic carbocycles. The van der Waals surface area contributed by atoms with Crippen molar-refractivity contribution in [1.82, 2.24) is 4.98 Å². The number of hydrogen-bond donors (Lipinski definition) is 0. The SMILES string of the molecule is CC.O=C1C(=O)N(Cc2ccc(-c3ccncc3)cc2)c2ccccc21. The van der Waals surface area contributed by atoms with Crippen LogP contribution in [-0.4, -0.2) is 16.7 Å². The van der Waals surface area contributed by atoms with Crippen molar-refractivity contribution in [3.8, 4) is 11.1 Å². The first-order valence-electron chi connectivity index (χ1n) is 8.68. The Labute approximate surface area is 153 Å². The quantitative estimate of drug-likeness (QED) is 0.657. The highest BCUT2D eigenvalue weighted by molar-refractivity contribution is 6.52. The van der Waals surface area contributed by atoms with Crippen LogP contribution in [0.25, 0.3) is 11.1 Å². The van der Waals surface area contributed by atoms with Crippen LogP contribution >= 0.6 is 0 Å². The summed E-state index contributed by atoms with van der Waals surface area (Å²) in [7, 11) is 0. The number of para-hydroxylation sites is 1. The number of rotatable bonds is 3. The molecule has 1 aromatic heterocycles. The van der Waals surface area contributed by atoms with Crippen molar-refractivity contribution in [2.24, 2.45) is 0 Å². The standard InChI is InChI=1S/C20H14N2O2.C2H6/c23-19-17-3-1-2-4-18(17)22(20(19)24)13-14-5-7-15(8-6-14)16-9-11-21-12-10-16;1-2/h1-12H,13H2;1-2H3. The summed E-state index contributed by atoms with van der Waals surface area (Å²) >= 11 is 0. The monoisotopic (exact) mass is 344 g/mol. The maximum absolute atomic E-state index is 12.2. The van der Waals surface area contributed by atoms with Gasteiger partial charge in [-0.1, -0.05) is 50.2 Å². The second-order valence-electron chi connectivity index (χ2n) is 5.67. The van der Waals surface area contributed by atoms with Gasteiger partial charge in [-0.2, -0.15) is 0 Å². The lowest BCUT2D eigenvalue weighted by Crippen LogP contribution is -2.29. The Hall–Kier alpha value is -3.27. The molecule has 1 amide bonds. The van der Waals surface area contributed by atoms with Crippen molar-refractivity contribution in [2.45, 2.75) is 20.4 Å². The van der Waals surface area contributed by atoms with Gasteiger partial charge in [-0.25, -0.2) is 0 Å². The predicted octanol–water partition coefficient (Wildman–Crippen LogP) is 4.50. The Morgan fingerprint density at radius 3 is 2.12 bits per heavy atom. The zero-order valence-electron chi connectivity index (χ0n) is 14.8. The van der Waals surface area contributed by atoms with Crippen molar-refractivity contribution in [1.29, 1.82) is 0 Å². The van der Waals surface area contributed by atoms with Crippen LogP contribution in [0.15, 0.2) is 73.1 Å². The van der Waals surface area contributed by atoms with E-state index in [1.165, 1.54) is 0 Å². The molecule has 26 heavy (non-hydrogen) atoms. The minimum Gasteiger partial charge on any atom is -0.300 e. The first-order chi connectivity index (χ1) is 12.7. The Morgan fingerprint density at radius 2 is 1.42 bits per heavy atom. The molecule has 130 valence electrons. The highest BCUT2D eigenvalue weighted by Gasteiger charge is 2.35. The normalized spacial score (nSPS) is 12.5. The fourth-order valence-corrected chi connectivity index (χ4v) is 2.93. The second kappa shape index (κ2) is 7.74. The van der Waals surface area contributed by atoms with Gasteiger partial charge < -0.3 is 4.90 Å². The molecule has 0 fully saturated rings. The number of benzene rings is 2. The molecule has 4 nitrogen and oxygen atoms in total. The van der Waals surface area contributed by atoms with Gasteiger partial charge in [0.2, 0.25) is 0 Å². The molecule has 3 aromatic rings. The highest BCUT2D eigenvalue weighted by Crippen LogP contribution is 2.30. The zero-order chi connectivity index (χ0) is 18.5. The molecular weight excluding hydrogens is 324 g/mol. The molecule has 1 aliphatic heterocycles. The molecule has 0 bridgehead atoms. The number of amides is 1. The summed E-state index contributed by atoms with van der Waals surface area (Å²) in [6.07, 6.45) is 3.52. The Morgan fingerprint density at radius 1 is 0.808 bits per heavy atom. The number of hydrogen-bond acceptors (Lipinski definition) is 3. The molecule has 0 radical (unpaired) electrons. The third kappa shape index (κ3) is 3.26. The number of carbonyl (C=O) groups excluding carboxylic acids is 2. The van der Waals surface area contributed by atoms with E-state index in [-0.39, 0.29) is 0 Å². The third-order valence-electron chi connectivity index (χ3n) is 4.19. The van der Waals surface area contributed by atoms with E-state index in [1.807, 2.05) is 62.4 Å². The number of anilines is 1. The van der Waals surface area contributed by atoms with Crippen LogP contribution in [0, 0.1) is 0 Å². The number of nitrogens with zero attached hydrogens (tertiary/aromatic N) is 2. The maximum Gasteiger partial charge on any atom is 0.299 e. The lowest BCUT2D eigenvalue weighted by molar-refractivity contribution is -0.114. The van der Waals surface area contributed by atoms with Gasteiger partial charge in [0.15, 0.2) is 0 Å². The van der Waals surface area contributed by atoms with Crippen molar-refractivity contribution in [3.05, 3.63) is 84.2 Å².